The van der Waals surface area contributed by atoms with E-state index in [2.05, 4.69) is 29.2 Å². The molecule has 152 valence electrons. The summed E-state index contributed by atoms with van der Waals surface area (Å²) in [6, 6.07) is 3.29. The van der Waals surface area contributed by atoms with Gasteiger partial charge >= 0.3 is 15.6 Å². The molecule has 0 saturated heterocycles. The zero-order valence-electron chi connectivity index (χ0n) is 13.6. The molecule has 28 heavy (non-hydrogen) atoms. The quantitative estimate of drug-likeness (QED) is 0.244. The number of nitrogens with two attached hydrogens (primary N) is 1. The number of rotatable bonds is 3. The maximum atomic E-state index is 10.9. The van der Waals surface area contributed by atoms with Gasteiger partial charge in [-0.25, -0.2) is 19.1 Å². The Morgan fingerprint density at radius 3 is 2.00 bits per heavy atom. The number of carbonyl (C=O) groups is 1. The van der Waals surface area contributed by atoms with Crippen molar-refractivity contribution in [2.24, 2.45) is 5.73 Å². The van der Waals surface area contributed by atoms with Crippen LogP contribution in [0.25, 0.3) is 11.2 Å². The number of primary amides is 1. The third-order valence-corrected chi connectivity index (χ3v) is 4.09. The molecule has 0 spiro atoms. The third-order valence-electron chi connectivity index (χ3n) is 2.39. The van der Waals surface area contributed by atoms with E-state index in [0.717, 1.165) is 0 Å². The number of amides is 1. The van der Waals surface area contributed by atoms with Crippen molar-refractivity contribution in [2.75, 3.05) is 0 Å². The number of fused-ring (bicyclic) bond motifs is 1. The van der Waals surface area contributed by atoms with Crippen molar-refractivity contribution in [3.05, 3.63) is 53.1 Å². The number of hydrogen-bond donors (Lipinski definition) is 7. The smallest absolute Gasteiger partial charge is 0.366 e. The number of hydrogen-bond acceptors (Lipinski definition) is 8. The highest BCUT2D eigenvalue weighted by Gasteiger charge is 2.27. The Morgan fingerprint density at radius 2 is 1.64 bits per heavy atom. The molecule has 0 saturated carbocycles. The van der Waals surface area contributed by atoms with Crippen LogP contribution in [-0.4, -0.2) is 50.4 Å². The standard InChI is InChI=1S/C6H6N2O.C5H4N4O.H4O7P2/c7-6(9)5-2-1-3-8-4-5;10-5-3-4(7-1-6-3)8-2-9-5;1-8(2,3)7-9(4,5)6/h1-4H,(H2,7,9);1-2H,(H2,6,7,8,9,10);(H2,1,2,3)(H2,4,5,6). The molecular formula is C11H14N6O9P2. The number of imidazole rings is 1. The lowest BCUT2D eigenvalue weighted by molar-refractivity contribution is 0.0999. The van der Waals surface area contributed by atoms with Crippen molar-refractivity contribution in [1.29, 1.82) is 0 Å². The molecule has 8 N–H and O–H groups in total. The molecule has 0 radical (unpaired) electrons. The molecule has 17 heteroatoms. The summed E-state index contributed by atoms with van der Waals surface area (Å²) in [5, 5.41) is 0. The van der Waals surface area contributed by atoms with Crippen LogP contribution in [0.1, 0.15) is 10.4 Å². The summed E-state index contributed by atoms with van der Waals surface area (Å²) in [6.45, 7) is 0. The number of nitrogens with one attached hydrogen (secondary N) is 2. The molecule has 3 aromatic heterocycles. The number of aromatic amines is 2. The molecule has 0 unspecified atom stereocenters. The first kappa shape index (κ1) is 23.3. The molecule has 3 rings (SSSR count). The zero-order chi connectivity index (χ0) is 21.4. The largest absolute Gasteiger partial charge is 0.478 e. The van der Waals surface area contributed by atoms with E-state index in [1.165, 1.54) is 18.9 Å². The Hall–Kier alpha value is -2.77. The lowest BCUT2D eigenvalue weighted by Gasteiger charge is -2.03. The van der Waals surface area contributed by atoms with Gasteiger partial charge in [-0.15, -0.1) is 0 Å². The van der Waals surface area contributed by atoms with Gasteiger partial charge in [0.15, 0.2) is 11.2 Å². The predicted molar refractivity (Wildman–Crippen MR) is 92.4 cm³/mol. The first-order chi connectivity index (χ1) is 12.9. The van der Waals surface area contributed by atoms with Gasteiger partial charge in [-0.05, 0) is 12.1 Å². The summed E-state index contributed by atoms with van der Waals surface area (Å²) in [4.78, 5) is 68.7. The Labute approximate surface area is 155 Å². The minimum absolute atomic E-state index is 0.192. The summed E-state index contributed by atoms with van der Waals surface area (Å²) in [5.41, 5.74) is 6.05. The van der Waals surface area contributed by atoms with Gasteiger partial charge in [0.05, 0.1) is 18.2 Å². The van der Waals surface area contributed by atoms with Gasteiger partial charge < -0.3 is 35.3 Å². The van der Waals surface area contributed by atoms with Gasteiger partial charge in [-0.2, -0.15) is 4.31 Å². The van der Waals surface area contributed by atoms with Crippen LogP contribution in [0.15, 0.2) is 42.0 Å². The second kappa shape index (κ2) is 9.96. The summed E-state index contributed by atoms with van der Waals surface area (Å²) in [5.74, 6) is -0.442. The Bertz CT molecular complexity index is 1040. The fourth-order valence-electron chi connectivity index (χ4n) is 1.42. The molecular weight excluding hydrogens is 422 g/mol. The second-order valence-electron chi connectivity index (χ2n) is 4.50. The molecule has 1 amide bonds. The van der Waals surface area contributed by atoms with Crippen LogP contribution in [-0.2, 0) is 13.4 Å². The molecule has 0 aliphatic heterocycles. The molecule has 3 aromatic rings. The lowest BCUT2D eigenvalue weighted by Crippen LogP contribution is -2.10. The fourth-order valence-corrected chi connectivity index (χ4v) is 2.53. The molecule has 3 heterocycles. The van der Waals surface area contributed by atoms with E-state index in [1.54, 1.807) is 18.3 Å². The summed E-state index contributed by atoms with van der Waals surface area (Å²) in [6.07, 6.45) is 5.78. The van der Waals surface area contributed by atoms with E-state index < -0.39 is 21.6 Å². The van der Waals surface area contributed by atoms with Gasteiger partial charge in [0.2, 0.25) is 5.91 Å². The normalized spacial score (nSPS) is 11.0. The van der Waals surface area contributed by atoms with E-state index >= 15 is 0 Å². The van der Waals surface area contributed by atoms with Crippen LogP contribution in [0.4, 0.5) is 0 Å². The molecule has 0 atom stereocenters. The van der Waals surface area contributed by atoms with Crippen molar-refractivity contribution in [1.82, 2.24) is 24.9 Å². The number of aromatic nitrogens is 5. The van der Waals surface area contributed by atoms with Gasteiger partial charge in [0.25, 0.3) is 5.56 Å². The van der Waals surface area contributed by atoms with Gasteiger partial charge in [0.1, 0.15) is 0 Å². The fraction of sp³-hybridized carbons (Fsp3) is 0. The molecule has 0 bridgehead atoms. The predicted octanol–water partition coefficient (Wildman–Crippen LogP) is -0.985. The highest BCUT2D eigenvalue weighted by atomic mass is 31.3. The monoisotopic (exact) mass is 436 g/mol. The van der Waals surface area contributed by atoms with Crippen molar-refractivity contribution in [3.8, 4) is 0 Å². The Kier molecular flexibility index (Phi) is 8.28. The Morgan fingerprint density at radius 1 is 1.07 bits per heavy atom. The average Bonchev–Trinajstić information content (AvgIpc) is 3.03. The first-order valence-electron chi connectivity index (χ1n) is 6.78. The number of phosphoric acid groups is 2. The van der Waals surface area contributed by atoms with Crippen LogP contribution in [0.3, 0.4) is 0 Å². The molecule has 0 aliphatic carbocycles. The van der Waals surface area contributed by atoms with E-state index in [9.17, 15) is 18.7 Å². The maximum Gasteiger partial charge on any atom is 0.478 e. The number of carbonyl (C=O) groups excluding carboxylic acids is 1. The average molecular weight is 436 g/mol. The summed E-state index contributed by atoms with van der Waals surface area (Å²) < 4.78 is 22.2. The van der Waals surface area contributed by atoms with Gasteiger partial charge in [0, 0.05) is 12.4 Å². The van der Waals surface area contributed by atoms with E-state index in [4.69, 9.17) is 25.3 Å². The SMILES string of the molecule is NC(=O)c1cccnc1.O=P(O)(O)OP(=O)(O)O.O=c1[nH]cnc2nc[nH]c12. The van der Waals surface area contributed by atoms with E-state index in [-0.39, 0.29) is 5.56 Å². The Balaban J connectivity index is 0.000000211. The van der Waals surface area contributed by atoms with Gasteiger partial charge in [-0.1, -0.05) is 0 Å². The van der Waals surface area contributed by atoms with E-state index in [0.29, 0.717) is 16.7 Å². The second-order valence-corrected chi connectivity index (χ2v) is 7.12. The van der Waals surface area contributed by atoms with E-state index in [1.807, 2.05) is 0 Å². The first-order valence-corrected chi connectivity index (χ1v) is 9.84. The molecule has 0 aromatic carbocycles. The van der Waals surface area contributed by atoms with Crippen molar-refractivity contribution in [3.63, 3.8) is 0 Å². The van der Waals surface area contributed by atoms with Crippen molar-refractivity contribution in [2.45, 2.75) is 0 Å². The number of pyridine rings is 1. The highest BCUT2D eigenvalue weighted by molar-refractivity contribution is 7.60. The molecule has 15 nitrogen and oxygen atoms in total. The lowest BCUT2D eigenvalue weighted by atomic mass is 10.3. The third kappa shape index (κ3) is 9.25. The number of H-pyrrole nitrogens is 2. The summed E-state index contributed by atoms with van der Waals surface area (Å²) in [7, 11) is -10.1. The van der Waals surface area contributed by atoms with Crippen LogP contribution in [0.2, 0.25) is 0 Å². The van der Waals surface area contributed by atoms with Crippen LogP contribution < -0.4 is 11.3 Å². The topological polar surface area (TPSA) is 255 Å². The maximum absolute atomic E-state index is 10.9. The minimum Gasteiger partial charge on any atom is -0.366 e. The van der Waals surface area contributed by atoms with Crippen molar-refractivity contribution >= 4 is 32.7 Å². The molecule has 0 aliphatic rings. The summed E-state index contributed by atoms with van der Waals surface area (Å²) >= 11 is 0. The minimum atomic E-state index is -5.05. The van der Waals surface area contributed by atoms with Crippen LogP contribution >= 0.6 is 15.6 Å². The molecule has 0 fully saturated rings. The van der Waals surface area contributed by atoms with Crippen LogP contribution in [0, 0.1) is 0 Å². The number of nitrogens with zero attached hydrogens (tertiary/aromatic N) is 3. The zero-order valence-corrected chi connectivity index (χ0v) is 15.4. The van der Waals surface area contributed by atoms with Crippen LogP contribution in [0.5, 0.6) is 0 Å². The van der Waals surface area contributed by atoms with Crippen molar-refractivity contribution < 1.29 is 37.8 Å². The highest BCUT2D eigenvalue weighted by Crippen LogP contribution is 2.53. The van der Waals surface area contributed by atoms with Gasteiger partial charge in [-0.3, -0.25) is 14.6 Å².